The fourth-order valence-electron chi connectivity index (χ4n) is 1.27. The van der Waals surface area contributed by atoms with Crippen LogP contribution in [0.25, 0.3) is 0 Å². The van der Waals surface area contributed by atoms with E-state index >= 15 is 0 Å². The van der Waals surface area contributed by atoms with Gasteiger partial charge in [0.2, 0.25) is 0 Å². The summed E-state index contributed by atoms with van der Waals surface area (Å²) in [5.41, 5.74) is 2.88. The summed E-state index contributed by atoms with van der Waals surface area (Å²) in [6, 6.07) is 8.93. The lowest BCUT2D eigenvalue weighted by Gasteiger charge is -2.00. The zero-order valence-corrected chi connectivity index (χ0v) is 9.10. The van der Waals surface area contributed by atoms with Crippen molar-refractivity contribution in [3.63, 3.8) is 0 Å². The van der Waals surface area contributed by atoms with Gasteiger partial charge in [-0.15, -0.1) is 0 Å². The third kappa shape index (κ3) is 2.98. The fraction of sp³-hybridized carbons (Fsp3) is 0.455. The van der Waals surface area contributed by atoms with E-state index in [4.69, 9.17) is 0 Å². The molecular formula is C11H15Br. The van der Waals surface area contributed by atoms with E-state index in [1.807, 2.05) is 0 Å². The Morgan fingerprint density at radius 1 is 1.00 bits per heavy atom. The van der Waals surface area contributed by atoms with Crippen LogP contribution in [-0.2, 0) is 12.8 Å². The molecule has 0 fully saturated rings. The predicted molar refractivity (Wildman–Crippen MR) is 57.9 cm³/mol. The largest absolute Gasteiger partial charge is 0.0924 e. The van der Waals surface area contributed by atoms with Crippen molar-refractivity contribution in [1.82, 2.24) is 0 Å². The molecule has 0 aliphatic carbocycles. The van der Waals surface area contributed by atoms with Gasteiger partial charge in [0, 0.05) is 5.33 Å². The summed E-state index contributed by atoms with van der Waals surface area (Å²) < 4.78 is 0. The molecule has 0 spiro atoms. The molecule has 0 heterocycles. The van der Waals surface area contributed by atoms with Crippen molar-refractivity contribution in [1.29, 1.82) is 0 Å². The fourth-order valence-corrected chi connectivity index (χ4v) is 1.73. The van der Waals surface area contributed by atoms with Crippen LogP contribution < -0.4 is 0 Å². The molecule has 0 atom stereocenters. The van der Waals surface area contributed by atoms with Gasteiger partial charge in [0.25, 0.3) is 0 Å². The van der Waals surface area contributed by atoms with Gasteiger partial charge in [0.1, 0.15) is 0 Å². The first-order valence-electron chi connectivity index (χ1n) is 4.50. The van der Waals surface area contributed by atoms with E-state index in [0.29, 0.717) is 0 Å². The highest BCUT2D eigenvalue weighted by Crippen LogP contribution is 2.07. The second-order valence-electron chi connectivity index (χ2n) is 3.01. The number of rotatable bonds is 4. The van der Waals surface area contributed by atoms with E-state index in [0.717, 1.165) is 11.8 Å². The molecule has 0 nitrogen and oxygen atoms in total. The molecule has 0 aliphatic heterocycles. The summed E-state index contributed by atoms with van der Waals surface area (Å²) in [4.78, 5) is 0. The monoisotopic (exact) mass is 226 g/mol. The molecule has 0 N–H and O–H groups in total. The van der Waals surface area contributed by atoms with Crippen LogP contribution >= 0.6 is 15.9 Å². The van der Waals surface area contributed by atoms with Gasteiger partial charge in [-0.25, -0.2) is 0 Å². The lowest BCUT2D eigenvalue weighted by molar-refractivity contribution is 0.920. The highest BCUT2D eigenvalue weighted by atomic mass is 79.9. The third-order valence-electron chi connectivity index (χ3n) is 1.94. The number of alkyl halides is 1. The maximum absolute atomic E-state index is 3.44. The highest BCUT2D eigenvalue weighted by Gasteiger charge is 1.92. The van der Waals surface area contributed by atoms with E-state index in [1.54, 1.807) is 0 Å². The van der Waals surface area contributed by atoms with Crippen molar-refractivity contribution in [3.05, 3.63) is 35.4 Å². The van der Waals surface area contributed by atoms with Crippen LogP contribution in [0.15, 0.2) is 24.3 Å². The zero-order chi connectivity index (χ0) is 8.81. The summed E-state index contributed by atoms with van der Waals surface area (Å²) >= 11 is 3.44. The molecule has 1 heteroatoms. The SMILES string of the molecule is CCCc1ccc(CCBr)cc1. The minimum atomic E-state index is 1.06. The minimum Gasteiger partial charge on any atom is -0.0924 e. The van der Waals surface area contributed by atoms with E-state index < -0.39 is 0 Å². The van der Waals surface area contributed by atoms with Crippen LogP contribution in [0.4, 0.5) is 0 Å². The molecule has 1 aromatic rings. The lowest BCUT2D eigenvalue weighted by Crippen LogP contribution is -1.87. The van der Waals surface area contributed by atoms with Crippen LogP contribution in [0.3, 0.4) is 0 Å². The zero-order valence-electron chi connectivity index (χ0n) is 7.52. The van der Waals surface area contributed by atoms with Crippen LogP contribution in [-0.4, -0.2) is 5.33 Å². The molecule has 1 aromatic carbocycles. The van der Waals surface area contributed by atoms with Crippen molar-refractivity contribution in [3.8, 4) is 0 Å². The molecule has 0 bridgehead atoms. The molecule has 1 rings (SSSR count). The summed E-state index contributed by atoms with van der Waals surface area (Å²) in [7, 11) is 0. The van der Waals surface area contributed by atoms with Crippen LogP contribution in [0.5, 0.6) is 0 Å². The van der Waals surface area contributed by atoms with Crippen LogP contribution in [0.1, 0.15) is 24.5 Å². The molecule has 12 heavy (non-hydrogen) atoms. The number of hydrogen-bond donors (Lipinski definition) is 0. The normalized spacial score (nSPS) is 10.2. The molecule has 0 saturated heterocycles. The quantitative estimate of drug-likeness (QED) is 0.689. The van der Waals surface area contributed by atoms with Gasteiger partial charge in [-0.3, -0.25) is 0 Å². The van der Waals surface area contributed by atoms with Gasteiger partial charge in [-0.1, -0.05) is 53.5 Å². The van der Waals surface area contributed by atoms with E-state index in [-0.39, 0.29) is 0 Å². The average Bonchev–Trinajstić information content (AvgIpc) is 2.09. The Bertz CT molecular complexity index is 188. The summed E-state index contributed by atoms with van der Waals surface area (Å²) in [5.74, 6) is 0. The second kappa shape index (κ2) is 5.36. The van der Waals surface area contributed by atoms with Gasteiger partial charge in [0.05, 0.1) is 0 Å². The van der Waals surface area contributed by atoms with Gasteiger partial charge in [-0.2, -0.15) is 0 Å². The molecule has 0 radical (unpaired) electrons. The molecule has 0 aliphatic rings. The van der Waals surface area contributed by atoms with E-state index in [9.17, 15) is 0 Å². The van der Waals surface area contributed by atoms with Crippen molar-refractivity contribution in [2.45, 2.75) is 26.2 Å². The van der Waals surface area contributed by atoms with Crippen LogP contribution in [0.2, 0.25) is 0 Å². The lowest BCUT2D eigenvalue weighted by atomic mass is 10.1. The van der Waals surface area contributed by atoms with Gasteiger partial charge in [-0.05, 0) is 24.0 Å². The van der Waals surface area contributed by atoms with E-state index in [1.165, 1.54) is 24.0 Å². The van der Waals surface area contributed by atoms with Crippen molar-refractivity contribution in [2.75, 3.05) is 5.33 Å². The molecule has 0 aromatic heterocycles. The molecule has 0 amide bonds. The van der Waals surface area contributed by atoms with E-state index in [2.05, 4.69) is 47.1 Å². The first-order chi connectivity index (χ1) is 5.86. The Balaban J connectivity index is 2.58. The van der Waals surface area contributed by atoms with Gasteiger partial charge >= 0.3 is 0 Å². The van der Waals surface area contributed by atoms with Crippen molar-refractivity contribution in [2.24, 2.45) is 0 Å². The Morgan fingerprint density at radius 3 is 1.92 bits per heavy atom. The topological polar surface area (TPSA) is 0 Å². The first-order valence-corrected chi connectivity index (χ1v) is 5.62. The number of benzene rings is 1. The minimum absolute atomic E-state index is 1.06. The maximum atomic E-state index is 3.44. The molecule has 0 unspecified atom stereocenters. The molecule has 66 valence electrons. The Kier molecular flexibility index (Phi) is 4.37. The predicted octanol–water partition coefficient (Wildman–Crippen LogP) is 3.58. The average molecular weight is 227 g/mol. The first kappa shape index (κ1) is 9.79. The van der Waals surface area contributed by atoms with Gasteiger partial charge < -0.3 is 0 Å². The smallest absolute Gasteiger partial charge is 0.00718 e. The number of halogens is 1. The van der Waals surface area contributed by atoms with Crippen LogP contribution in [0, 0.1) is 0 Å². The number of aryl methyl sites for hydroxylation is 2. The third-order valence-corrected chi connectivity index (χ3v) is 2.34. The summed E-state index contributed by atoms with van der Waals surface area (Å²) in [5, 5.41) is 1.06. The second-order valence-corrected chi connectivity index (χ2v) is 3.80. The van der Waals surface area contributed by atoms with Gasteiger partial charge in [0.15, 0.2) is 0 Å². The molecule has 0 saturated carbocycles. The summed E-state index contributed by atoms with van der Waals surface area (Å²) in [6.07, 6.45) is 3.57. The Morgan fingerprint density at radius 2 is 1.50 bits per heavy atom. The highest BCUT2D eigenvalue weighted by molar-refractivity contribution is 9.09. The standard InChI is InChI=1S/C11H15Br/c1-2-3-10-4-6-11(7-5-10)8-9-12/h4-7H,2-3,8-9H2,1H3. The maximum Gasteiger partial charge on any atom is 0.00718 e. The Labute approximate surface area is 83.1 Å². The summed E-state index contributed by atoms with van der Waals surface area (Å²) in [6.45, 7) is 2.21. The van der Waals surface area contributed by atoms with Crippen molar-refractivity contribution >= 4 is 15.9 Å². The number of hydrogen-bond acceptors (Lipinski definition) is 0. The molecular weight excluding hydrogens is 212 g/mol. The Hall–Kier alpha value is -0.300. The van der Waals surface area contributed by atoms with Crippen molar-refractivity contribution < 1.29 is 0 Å².